The SMILES string of the molecule is O=C(C1CC=CCC1)N1CCCN(CCO)CC1. The molecule has 102 valence electrons. The Labute approximate surface area is 109 Å². The number of amides is 1. The van der Waals surface area contributed by atoms with Crippen LogP contribution in [0.5, 0.6) is 0 Å². The molecule has 2 aliphatic rings. The Balaban J connectivity index is 1.85. The second-order valence-electron chi connectivity index (χ2n) is 5.23. The Morgan fingerprint density at radius 3 is 2.83 bits per heavy atom. The van der Waals surface area contributed by atoms with Crippen LogP contribution in [0, 0.1) is 5.92 Å². The zero-order chi connectivity index (χ0) is 12.8. The highest BCUT2D eigenvalue weighted by Crippen LogP contribution is 2.21. The third-order valence-corrected chi connectivity index (χ3v) is 3.93. The van der Waals surface area contributed by atoms with E-state index in [1.54, 1.807) is 0 Å². The van der Waals surface area contributed by atoms with E-state index in [4.69, 9.17) is 5.11 Å². The quantitative estimate of drug-likeness (QED) is 0.758. The van der Waals surface area contributed by atoms with Crippen molar-refractivity contribution in [1.82, 2.24) is 9.80 Å². The second kappa shape index (κ2) is 6.90. The van der Waals surface area contributed by atoms with Gasteiger partial charge in [0.25, 0.3) is 0 Å². The Kier molecular flexibility index (Phi) is 5.20. The zero-order valence-corrected chi connectivity index (χ0v) is 11.1. The number of nitrogens with zero attached hydrogens (tertiary/aromatic N) is 2. The average Bonchev–Trinajstić information content (AvgIpc) is 2.65. The van der Waals surface area contributed by atoms with E-state index >= 15 is 0 Å². The van der Waals surface area contributed by atoms with Gasteiger partial charge in [0.2, 0.25) is 5.91 Å². The first kappa shape index (κ1) is 13.6. The molecule has 0 bridgehead atoms. The minimum absolute atomic E-state index is 0.208. The van der Waals surface area contributed by atoms with E-state index in [0.717, 1.165) is 58.4 Å². The maximum atomic E-state index is 12.4. The molecule has 4 heteroatoms. The van der Waals surface area contributed by atoms with Crippen LogP contribution in [0.1, 0.15) is 25.7 Å². The van der Waals surface area contributed by atoms with Gasteiger partial charge in [0, 0.05) is 32.1 Å². The number of carbonyl (C=O) groups is 1. The molecule has 2 rings (SSSR count). The van der Waals surface area contributed by atoms with Crippen molar-refractivity contribution in [3.8, 4) is 0 Å². The molecule has 0 saturated carbocycles. The fourth-order valence-electron chi connectivity index (χ4n) is 2.83. The molecule has 1 atom stereocenters. The van der Waals surface area contributed by atoms with Crippen LogP contribution in [0.15, 0.2) is 12.2 Å². The van der Waals surface area contributed by atoms with Crippen LogP contribution in [0.3, 0.4) is 0 Å². The first-order valence-electron chi connectivity index (χ1n) is 7.08. The minimum Gasteiger partial charge on any atom is -0.395 e. The molecule has 1 saturated heterocycles. The van der Waals surface area contributed by atoms with Gasteiger partial charge in [-0.2, -0.15) is 0 Å². The molecule has 0 aromatic heterocycles. The van der Waals surface area contributed by atoms with Crippen LogP contribution in [0.2, 0.25) is 0 Å². The molecule has 1 aliphatic heterocycles. The molecule has 1 unspecified atom stereocenters. The molecule has 18 heavy (non-hydrogen) atoms. The standard InChI is InChI=1S/C14H24N2O2/c17-12-11-15-7-4-8-16(10-9-15)14(18)13-5-2-1-3-6-13/h1-2,13,17H,3-12H2. The van der Waals surface area contributed by atoms with Gasteiger partial charge in [-0.05, 0) is 32.2 Å². The zero-order valence-electron chi connectivity index (χ0n) is 11.1. The number of hydrogen-bond donors (Lipinski definition) is 1. The minimum atomic E-state index is 0.208. The molecule has 1 N–H and O–H groups in total. The molecule has 0 radical (unpaired) electrons. The number of hydrogen-bond acceptors (Lipinski definition) is 3. The van der Waals surface area contributed by atoms with Crippen LogP contribution in [0.25, 0.3) is 0 Å². The van der Waals surface area contributed by atoms with Crippen molar-refractivity contribution >= 4 is 5.91 Å². The number of allylic oxidation sites excluding steroid dienone is 2. The number of β-amino-alcohol motifs (C(OH)–C–C–N with tert-alkyl or cyclic N) is 1. The first-order valence-corrected chi connectivity index (χ1v) is 7.08. The molecule has 1 fully saturated rings. The van der Waals surface area contributed by atoms with Gasteiger partial charge in [-0.25, -0.2) is 0 Å². The summed E-state index contributed by atoms with van der Waals surface area (Å²) >= 11 is 0. The molecule has 1 amide bonds. The number of aliphatic hydroxyl groups is 1. The van der Waals surface area contributed by atoms with Gasteiger partial charge < -0.3 is 10.0 Å². The predicted molar refractivity (Wildman–Crippen MR) is 71.2 cm³/mol. The molecule has 4 nitrogen and oxygen atoms in total. The fraction of sp³-hybridized carbons (Fsp3) is 0.786. The van der Waals surface area contributed by atoms with Crippen LogP contribution in [0.4, 0.5) is 0 Å². The molecule has 0 spiro atoms. The van der Waals surface area contributed by atoms with Crippen molar-refractivity contribution in [3.63, 3.8) is 0 Å². The Morgan fingerprint density at radius 1 is 1.22 bits per heavy atom. The van der Waals surface area contributed by atoms with E-state index in [-0.39, 0.29) is 12.5 Å². The van der Waals surface area contributed by atoms with Crippen LogP contribution in [-0.2, 0) is 4.79 Å². The average molecular weight is 252 g/mol. The lowest BCUT2D eigenvalue weighted by molar-refractivity contribution is -0.135. The van der Waals surface area contributed by atoms with E-state index in [9.17, 15) is 4.79 Å². The first-order chi connectivity index (χ1) is 8.81. The summed E-state index contributed by atoms with van der Waals surface area (Å²) in [7, 11) is 0. The van der Waals surface area contributed by atoms with Crippen molar-refractivity contribution < 1.29 is 9.90 Å². The summed E-state index contributed by atoms with van der Waals surface area (Å²) in [5.41, 5.74) is 0. The van der Waals surface area contributed by atoms with Crippen molar-refractivity contribution in [2.45, 2.75) is 25.7 Å². The Morgan fingerprint density at radius 2 is 2.11 bits per heavy atom. The summed E-state index contributed by atoms with van der Waals surface area (Å²) in [6.45, 7) is 4.53. The smallest absolute Gasteiger partial charge is 0.226 e. The Hall–Kier alpha value is -0.870. The molecular formula is C14H24N2O2. The molecule has 1 heterocycles. The lowest BCUT2D eigenvalue weighted by Gasteiger charge is -2.27. The van der Waals surface area contributed by atoms with Gasteiger partial charge in [0.1, 0.15) is 0 Å². The van der Waals surface area contributed by atoms with Crippen LogP contribution >= 0.6 is 0 Å². The number of rotatable bonds is 3. The fourth-order valence-corrected chi connectivity index (χ4v) is 2.83. The van der Waals surface area contributed by atoms with E-state index in [0.29, 0.717) is 5.91 Å². The summed E-state index contributed by atoms with van der Waals surface area (Å²) in [6, 6.07) is 0. The van der Waals surface area contributed by atoms with Gasteiger partial charge in [0.05, 0.1) is 6.61 Å². The van der Waals surface area contributed by atoms with Crippen LogP contribution in [-0.4, -0.2) is 60.1 Å². The highest BCUT2D eigenvalue weighted by Gasteiger charge is 2.25. The third-order valence-electron chi connectivity index (χ3n) is 3.93. The van der Waals surface area contributed by atoms with Crippen molar-refractivity contribution in [1.29, 1.82) is 0 Å². The third kappa shape index (κ3) is 3.56. The predicted octanol–water partition coefficient (Wildman–Crippen LogP) is 0.869. The lowest BCUT2D eigenvalue weighted by Crippen LogP contribution is -2.39. The highest BCUT2D eigenvalue weighted by molar-refractivity contribution is 5.79. The van der Waals surface area contributed by atoms with E-state index in [1.165, 1.54) is 0 Å². The topological polar surface area (TPSA) is 43.8 Å². The van der Waals surface area contributed by atoms with E-state index < -0.39 is 0 Å². The van der Waals surface area contributed by atoms with E-state index in [1.807, 2.05) is 4.90 Å². The summed E-state index contributed by atoms with van der Waals surface area (Å²) in [4.78, 5) is 16.7. The second-order valence-corrected chi connectivity index (χ2v) is 5.23. The molecule has 1 aliphatic carbocycles. The van der Waals surface area contributed by atoms with E-state index in [2.05, 4.69) is 17.1 Å². The largest absolute Gasteiger partial charge is 0.395 e. The van der Waals surface area contributed by atoms with Gasteiger partial charge in [0.15, 0.2) is 0 Å². The maximum absolute atomic E-state index is 12.4. The van der Waals surface area contributed by atoms with Crippen LogP contribution < -0.4 is 0 Å². The summed E-state index contributed by atoms with van der Waals surface area (Å²) < 4.78 is 0. The molecule has 0 aromatic carbocycles. The number of carbonyl (C=O) groups excluding carboxylic acids is 1. The van der Waals surface area contributed by atoms with Gasteiger partial charge in [-0.15, -0.1) is 0 Å². The lowest BCUT2D eigenvalue weighted by atomic mass is 9.93. The highest BCUT2D eigenvalue weighted by atomic mass is 16.3. The Bertz CT molecular complexity index is 304. The number of aliphatic hydroxyl groups excluding tert-OH is 1. The molecular weight excluding hydrogens is 228 g/mol. The summed E-state index contributed by atoms with van der Waals surface area (Å²) in [5, 5.41) is 8.96. The summed E-state index contributed by atoms with van der Waals surface area (Å²) in [6.07, 6.45) is 8.30. The summed E-state index contributed by atoms with van der Waals surface area (Å²) in [5.74, 6) is 0.546. The van der Waals surface area contributed by atoms with Crippen molar-refractivity contribution in [3.05, 3.63) is 12.2 Å². The monoisotopic (exact) mass is 252 g/mol. The van der Waals surface area contributed by atoms with Gasteiger partial charge in [-0.1, -0.05) is 12.2 Å². The molecule has 0 aromatic rings. The maximum Gasteiger partial charge on any atom is 0.226 e. The van der Waals surface area contributed by atoms with Crippen molar-refractivity contribution in [2.24, 2.45) is 5.92 Å². The van der Waals surface area contributed by atoms with Crippen molar-refractivity contribution in [2.75, 3.05) is 39.3 Å². The normalized spacial score (nSPS) is 26.1. The van der Waals surface area contributed by atoms with Gasteiger partial charge in [-0.3, -0.25) is 9.69 Å². The van der Waals surface area contributed by atoms with Gasteiger partial charge >= 0.3 is 0 Å².